The Labute approximate surface area is 177 Å². The first-order valence-electron chi connectivity index (χ1n) is 9.34. The monoisotopic (exact) mass is 418 g/mol. The molecule has 0 spiro atoms. The molecular formula is C22H18N4O3S. The van der Waals surface area contributed by atoms with Crippen LogP contribution in [0.5, 0.6) is 0 Å². The Morgan fingerprint density at radius 3 is 2.37 bits per heavy atom. The van der Waals surface area contributed by atoms with E-state index in [1.54, 1.807) is 42.5 Å². The van der Waals surface area contributed by atoms with Gasteiger partial charge in [-0.1, -0.05) is 30.3 Å². The summed E-state index contributed by atoms with van der Waals surface area (Å²) < 4.78 is 0. The molecule has 0 aromatic heterocycles. The Kier molecular flexibility index (Phi) is 5.40. The van der Waals surface area contributed by atoms with Crippen LogP contribution < -0.4 is 21.3 Å². The summed E-state index contributed by atoms with van der Waals surface area (Å²) in [6.07, 6.45) is 0. The molecule has 0 radical (unpaired) electrons. The molecular weight excluding hydrogens is 400 g/mol. The number of anilines is 1. The Morgan fingerprint density at radius 2 is 1.60 bits per heavy atom. The van der Waals surface area contributed by atoms with E-state index in [2.05, 4.69) is 21.3 Å². The van der Waals surface area contributed by atoms with Gasteiger partial charge in [0, 0.05) is 46.2 Å². The standard InChI is InChI=1S/C22H18N4O3S/c27-19(13-5-2-1-3-6-13)26-22(30)24-12-11-23-17-10-9-16-18-14(17)7-4-8-15(18)20(28)25-21(16)29/h1-10,23H,11-12H2,(H,25,28,29)(H2,24,26,27,30). The van der Waals surface area contributed by atoms with E-state index in [0.717, 1.165) is 11.1 Å². The summed E-state index contributed by atoms with van der Waals surface area (Å²) >= 11 is 5.17. The fourth-order valence-corrected chi connectivity index (χ4v) is 3.55. The van der Waals surface area contributed by atoms with Crippen molar-refractivity contribution in [3.8, 4) is 0 Å². The lowest BCUT2D eigenvalue weighted by Crippen LogP contribution is -2.41. The Balaban J connectivity index is 1.38. The van der Waals surface area contributed by atoms with Crippen LogP contribution in [0.4, 0.5) is 5.69 Å². The van der Waals surface area contributed by atoms with E-state index in [9.17, 15) is 14.4 Å². The van der Waals surface area contributed by atoms with Crippen LogP contribution in [-0.2, 0) is 0 Å². The summed E-state index contributed by atoms with van der Waals surface area (Å²) in [4.78, 5) is 36.3. The molecule has 3 aromatic carbocycles. The van der Waals surface area contributed by atoms with Crippen molar-refractivity contribution in [2.75, 3.05) is 18.4 Å². The van der Waals surface area contributed by atoms with E-state index in [4.69, 9.17) is 12.2 Å². The second-order valence-corrected chi connectivity index (χ2v) is 7.08. The molecule has 4 N–H and O–H groups in total. The number of nitrogens with one attached hydrogen (secondary N) is 4. The zero-order valence-electron chi connectivity index (χ0n) is 15.8. The highest BCUT2D eigenvalue weighted by Crippen LogP contribution is 2.31. The second-order valence-electron chi connectivity index (χ2n) is 6.67. The Morgan fingerprint density at radius 1 is 0.867 bits per heavy atom. The minimum atomic E-state index is -0.392. The maximum Gasteiger partial charge on any atom is 0.258 e. The van der Waals surface area contributed by atoms with E-state index < -0.39 is 11.8 Å². The van der Waals surface area contributed by atoms with Crippen LogP contribution in [0.1, 0.15) is 31.1 Å². The summed E-state index contributed by atoms with van der Waals surface area (Å²) in [5, 5.41) is 12.9. The molecule has 7 nitrogen and oxygen atoms in total. The third kappa shape index (κ3) is 3.85. The van der Waals surface area contributed by atoms with Gasteiger partial charge in [-0.25, -0.2) is 0 Å². The van der Waals surface area contributed by atoms with Crippen LogP contribution >= 0.6 is 12.2 Å². The summed E-state index contributed by atoms with van der Waals surface area (Å²) in [5.74, 6) is -1.06. The lowest BCUT2D eigenvalue weighted by molar-refractivity contribution is 0.0844. The minimum absolute atomic E-state index is 0.241. The fraction of sp³-hybridized carbons (Fsp3) is 0.0909. The van der Waals surface area contributed by atoms with E-state index in [0.29, 0.717) is 35.2 Å². The summed E-state index contributed by atoms with van der Waals surface area (Å²) in [6, 6.07) is 17.7. The highest BCUT2D eigenvalue weighted by atomic mass is 32.1. The van der Waals surface area contributed by atoms with Crippen LogP contribution in [0.25, 0.3) is 10.8 Å². The highest BCUT2D eigenvalue weighted by molar-refractivity contribution is 7.80. The van der Waals surface area contributed by atoms with Crippen LogP contribution in [0, 0.1) is 0 Å². The van der Waals surface area contributed by atoms with Crippen molar-refractivity contribution < 1.29 is 14.4 Å². The number of carbonyl (C=O) groups excluding carboxylic acids is 3. The van der Waals surface area contributed by atoms with Crippen molar-refractivity contribution in [3.63, 3.8) is 0 Å². The van der Waals surface area contributed by atoms with E-state index in [1.807, 2.05) is 18.2 Å². The molecule has 0 aliphatic carbocycles. The van der Waals surface area contributed by atoms with Gasteiger partial charge in [0.05, 0.1) is 0 Å². The smallest absolute Gasteiger partial charge is 0.258 e. The average molecular weight is 418 g/mol. The summed E-state index contributed by atoms with van der Waals surface area (Å²) in [7, 11) is 0. The van der Waals surface area contributed by atoms with Gasteiger partial charge in [-0.2, -0.15) is 0 Å². The topological polar surface area (TPSA) is 99.3 Å². The molecule has 1 aliphatic rings. The maximum atomic E-state index is 12.1. The SMILES string of the molecule is O=C(NC(=S)NCCNc1ccc2c3c(cccc13)C(=O)NC2=O)c1ccccc1. The summed E-state index contributed by atoms with van der Waals surface area (Å²) in [5.41, 5.74) is 2.30. The minimum Gasteiger partial charge on any atom is -0.383 e. The number of imide groups is 1. The van der Waals surface area contributed by atoms with Gasteiger partial charge in [0.2, 0.25) is 0 Å². The predicted molar refractivity (Wildman–Crippen MR) is 119 cm³/mol. The van der Waals surface area contributed by atoms with Gasteiger partial charge in [-0.3, -0.25) is 25.0 Å². The molecule has 0 saturated carbocycles. The van der Waals surface area contributed by atoms with Gasteiger partial charge in [-0.15, -0.1) is 0 Å². The molecule has 4 rings (SSSR count). The number of amides is 3. The molecule has 0 unspecified atom stereocenters. The number of benzene rings is 3. The van der Waals surface area contributed by atoms with Crippen molar-refractivity contribution in [1.29, 1.82) is 0 Å². The molecule has 8 heteroatoms. The van der Waals surface area contributed by atoms with Crippen LogP contribution in [0.15, 0.2) is 60.7 Å². The lowest BCUT2D eigenvalue weighted by Gasteiger charge is -2.19. The van der Waals surface area contributed by atoms with Crippen molar-refractivity contribution >= 4 is 51.5 Å². The van der Waals surface area contributed by atoms with Gasteiger partial charge in [0.15, 0.2) is 5.11 Å². The van der Waals surface area contributed by atoms with Gasteiger partial charge in [0.1, 0.15) is 0 Å². The zero-order valence-corrected chi connectivity index (χ0v) is 16.6. The first-order valence-corrected chi connectivity index (χ1v) is 9.75. The first kappa shape index (κ1) is 19.5. The maximum absolute atomic E-state index is 12.1. The normalized spacial score (nSPS) is 12.3. The molecule has 0 saturated heterocycles. The molecule has 0 atom stereocenters. The molecule has 1 heterocycles. The summed E-state index contributed by atoms with van der Waals surface area (Å²) in [6.45, 7) is 0.983. The number of hydrogen-bond donors (Lipinski definition) is 4. The van der Waals surface area contributed by atoms with Gasteiger partial charge in [-0.05, 0) is 42.5 Å². The molecule has 3 amide bonds. The molecule has 1 aliphatic heterocycles. The molecule has 30 heavy (non-hydrogen) atoms. The van der Waals surface area contributed by atoms with Gasteiger partial charge in [0.25, 0.3) is 17.7 Å². The van der Waals surface area contributed by atoms with E-state index in [1.165, 1.54) is 0 Å². The Hall–Kier alpha value is -3.78. The van der Waals surface area contributed by atoms with E-state index in [-0.39, 0.29) is 11.0 Å². The predicted octanol–water partition coefficient (Wildman–Crippen LogP) is 2.44. The molecule has 3 aromatic rings. The van der Waals surface area contributed by atoms with Crippen LogP contribution in [0.2, 0.25) is 0 Å². The largest absolute Gasteiger partial charge is 0.383 e. The number of thiocarbonyl (C=S) groups is 1. The zero-order chi connectivity index (χ0) is 21.1. The van der Waals surface area contributed by atoms with Gasteiger partial charge < -0.3 is 10.6 Å². The molecule has 150 valence electrons. The molecule has 0 bridgehead atoms. The average Bonchev–Trinajstić information content (AvgIpc) is 2.76. The lowest BCUT2D eigenvalue weighted by atomic mass is 9.94. The van der Waals surface area contributed by atoms with Crippen molar-refractivity contribution in [2.45, 2.75) is 0 Å². The number of carbonyl (C=O) groups is 3. The third-order valence-corrected chi connectivity index (χ3v) is 4.99. The first-order chi connectivity index (χ1) is 14.5. The number of hydrogen-bond acceptors (Lipinski definition) is 5. The van der Waals surface area contributed by atoms with Crippen LogP contribution in [-0.4, -0.2) is 35.9 Å². The second kappa shape index (κ2) is 8.30. The van der Waals surface area contributed by atoms with E-state index >= 15 is 0 Å². The van der Waals surface area contributed by atoms with Crippen molar-refractivity contribution in [3.05, 3.63) is 77.4 Å². The molecule has 0 fully saturated rings. The fourth-order valence-electron chi connectivity index (χ4n) is 3.36. The van der Waals surface area contributed by atoms with Gasteiger partial charge >= 0.3 is 0 Å². The quantitative estimate of drug-likeness (QED) is 0.289. The Bertz CT molecular complexity index is 1160. The van der Waals surface area contributed by atoms with Crippen molar-refractivity contribution in [1.82, 2.24) is 16.0 Å². The number of rotatable bonds is 5. The highest BCUT2D eigenvalue weighted by Gasteiger charge is 2.25. The van der Waals surface area contributed by atoms with Crippen LogP contribution in [0.3, 0.4) is 0 Å². The van der Waals surface area contributed by atoms with Crippen molar-refractivity contribution in [2.24, 2.45) is 0 Å². The third-order valence-electron chi connectivity index (χ3n) is 4.75.